The third-order valence-electron chi connectivity index (χ3n) is 13.0. The second-order valence-corrected chi connectivity index (χ2v) is 14.2. The standard InChI is InChI=1S/C32H44N2O8/c1-17(35)33-20-9-7-6-8-18(20)21(36)13-28-11-10-24(40-3)31-22(28)12-19(26(31)34(2)16-28)30(38)15-25(41-4)29(37)14-23(31)32(30,39)27(29)42-5/h6-9,19,22-27,37-39H,10-16H2,1-5H3,(H,33,35)/t19-,22-,23+,24-,25-,26-,27+,28-,29-,30+,31-,32+/m1/s1. The Bertz CT molecular complexity index is 1320. The Balaban J connectivity index is 1.38. The third-order valence-corrected chi connectivity index (χ3v) is 13.0. The first-order valence-electron chi connectivity index (χ1n) is 15.2. The van der Waals surface area contributed by atoms with Gasteiger partial charge in [-0.25, -0.2) is 0 Å². The van der Waals surface area contributed by atoms with E-state index in [2.05, 4.69) is 17.3 Å². The van der Waals surface area contributed by atoms with E-state index in [1.807, 2.05) is 6.07 Å². The molecular formula is C32H44N2O8. The molecule has 7 bridgehead atoms. The molecule has 6 aliphatic rings. The first-order chi connectivity index (χ1) is 19.9. The Hall–Kier alpha value is -1.92. The van der Waals surface area contributed by atoms with Gasteiger partial charge < -0.3 is 39.7 Å². The highest BCUT2D eigenvalue weighted by atomic mass is 16.5. The number of fused-ring (bicyclic) bond motifs is 2. The summed E-state index contributed by atoms with van der Waals surface area (Å²) in [5.41, 5.74) is -4.81. The largest absolute Gasteiger partial charge is 0.386 e. The van der Waals surface area contributed by atoms with Gasteiger partial charge in [-0.15, -0.1) is 0 Å². The number of ketones is 1. The van der Waals surface area contributed by atoms with Crippen molar-refractivity contribution in [1.82, 2.24) is 4.90 Å². The molecule has 1 amide bonds. The van der Waals surface area contributed by atoms with Crippen molar-refractivity contribution in [2.24, 2.45) is 28.6 Å². The number of amides is 1. The van der Waals surface area contributed by atoms with Gasteiger partial charge in [-0.1, -0.05) is 12.1 Å². The number of likely N-dealkylation sites (tertiary alicyclic amines) is 1. The van der Waals surface area contributed by atoms with E-state index in [0.29, 0.717) is 30.6 Å². The molecule has 7 rings (SSSR count). The summed E-state index contributed by atoms with van der Waals surface area (Å²) in [5, 5.41) is 40.6. The average Bonchev–Trinajstić information content (AvgIpc) is 3.35. The predicted molar refractivity (Wildman–Crippen MR) is 152 cm³/mol. The van der Waals surface area contributed by atoms with E-state index < -0.39 is 45.8 Å². The van der Waals surface area contributed by atoms with Crippen LogP contribution in [0.2, 0.25) is 0 Å². The zero-order valence-corrected chi connectivity index (χ0v) is 25.1. The molecule has 10 nitrogen and oxygen atoms in total. The lowest BCUT2D eigenvalue weighted by atomic mass is 9.41. The van der Waals surface area contributed by atoms with E-state index >= 15 is 0 Å². The number of anilines is 1. The van der Waals surface area contributed by atoms with Crippen LogP contribution in [0.3, 0.4) is 0 Å². The molecule has 1 heterocycles. The number of hydrogen-bond donors (Lipinski definition) is 4. The van der Waals surface area contributed by atoms with Gasteiger partial charge in [0.2, 0.25) is 5.91 Å². The van der Waals surface area contributed by atoms with Crippen LogP contribution in [0, 0.1) is 28.6 Å². The smallest absolute Gasteiger partial charge is 0.221 e. The van der Waals surface area contributed by atoms with E-state index in [0.717, 1.165) is 6.42 Å². The highest BCUT2D eigenvalue weighted by Crippen LogP contribution is 2.81. The number of carbonyl (C=O) groups excluding carboxylic acids is 2. The normalized spacial score (nSPS) is 50.0. The fourth-order valence-electron chi connectivity index (χ4n) is 12.1. The number of methoxy groups -OCH3 is 3. The molecule has 0 radical (unpaired) electrons. The molecule has 1 spiro atoms. The van der Waals surface area contributed by atoms with Crippen LogP contribution in [-0.4, -0.2) is 108 Å². The summed E-state index contributed by atoms with van der Waals surface area (Å²) in [6.45, 7) is 2.11. The maximum atomic E-state index is 14.2. The van der Waals surface area contributed by atoms with E-state index in [9.17, 15) is 24.9 Å². The number of nitrogens with one attached hydrogen (secondary N) is 1. The van der Waals surface area contributed by atoms with Crippen LogP contribution in [0.25, 0.3) is 0 Å². The Kier molecular flexibility index (Phi) is 6.22. The Morgan fingerprint density at radius 2 is 1.74 bits per heavy atom. The fraction of sp³-hybridized carbons (Fsp3) is 0.750. The van der Waals surface area contributed by atoms with E-state index in [1.165, 1.54) is 14.0 Å². The summed E-state index contributed by atoms with van der Waals surface area (Å²) in [6.07, 6.45) is 0.758. The minimum atomic E-state index is -1.71. The van der Waals surface area contributed by atoms with Crippen molar-refractivity contribution in [3.8, 4) is 0 Å². The lowest BCUT2D eigenvalue weighted by Gasteiger charge is -2.71. The quantitative estimate of drug-likeness (QED) is 0.352. The number of benzene rings is 1. The Morgan fingerprint density at radius 3 is 2.40 bits per heavy atom. The number of ether oxygens (including phenoxy) is 3. The number of carbonyl (C=O) groups is 2. The molecule has 1 aromatic rings. The molecule has 0 unspecified atom stereocenters. The molecular weight excluding hydrogens is 540 g/mol. The van der Waals surface area contributed by atoms with Gasteiger partial charge >= 0.3 is 0 Å². The van der Waals surface area contributed by atoms with Crippen molar-refractivity contribution in [1.29, 1.82) is 0 Å². The average molecular weight is 585 g/mol. The Morgan fingerprint density at radius 1 is 1.02 bits per heavy atom. The van der Waals surface area contributed by atoms with E-state index in [4.69, 9.17) is 14.2 Å². The van der Waals surface area contributed by atoms with Gasteiger partial charge in [-0.05, 0) is 56.2 Å². The number of nitrogens with zero attached hydrogens (tertiary/aromatic N) is 1. The van der Waals surface area contributed by atoms with Gasteiger partial charge in [0, 0.05) is 76.5 Å². The first-order valence-corrected chi connectivity index (χ1v) is 15.2. The van der Waals surface area contributed by atoms with Gasteiger partial charge in [0.05, 0.1) is 17.9 Å². The summed E-state index contributed by atoms with van der Waals surface area (Å²) in [4.78, 5) is 28.4. The molecule has 6 fully saturated rings. The van der Waals surface area contributed by atoms with Crippen LogP contribution >= 0.6 is 0 Å². The van der Waals surface area contributed by atoms with Gasteiger partial charge in [0.25, 0.3) is 0 Å². The van der Waals surface area contributed by atoms with E-state index in [-0.39, 0.29) is 54.9 Å². The maximum absolute atomic E-state index is 14.2. The number of aliphatic hydroxyl groups is 3. The summed E-state index contributed by atoms with van der Waals surface area (Å²) in [6, 6.07) is 7.04. The molecule has 5 saturated carbocycles. The summed E-state index contributed by atoms with van der Waals surface area (Å²) < 4.78 is 18.0. The highest BCUT2D eigenvalue weighted by Gasteiger charge is 2.90. The van der Waals surface area contributed by atoms with Crippen LogP contribution in [0.15, 0.2) is 24.3 Å². The molecule has 10 heteroatoms. The van der Waals surface area contributed by atoms with Gasteiger partial charge in [-0.3, -0.25) is 9.59 Å². The second-order valence-electron chi connectivity index (χ2n) is 14.2. The Labute approximate surface area is 246 Å². The number of para-hydroxylation sites is 1. The van der Waals surface area contributed by atoms with Crippen LogP contribution in [0.5, 0.6) is 0 Å². The second kappa shape index (κ2) is 9.06. The van der Waals surface area contributed by atoms with Crippen molar-refractivity contribution in [2.75, 3.05) is 40.2 Å². The number of Topliss-reactive ketones (excluding diaryl/α,β-unsaturated/α-hetero) is 1. The van der Waals surface area contributed by atoms with Crippen molar-refractivity contribution in [3.05, 3.63) is 29.8 Å². The SMILES string of the molecule is CO[C@@H]1C[C@]2(O)[C@@H]3C[C@@H]4[C@@]5(CC(=O)c6ccccc6NC(C)=O)CC[C@@H](OC)[C@]4([C@@H]3N(C)C5)[C@@H]3C[C@]1(O)[C@H](OC)[C@@]32O. The summed E-state index contributed by atoms with van der Waals surface area (Å²) in [5.74, 6) is -1.16. The molecule has 1 aromatic carbocycles. The lowest BCUT2D eigenvalue weighted by molar-refractivity contribution is -0.343. The van der Waals surface area contributed by atoms with Gasteiger partial charge in [0.1, 0.15) is 22.9 Å². The molecule has 230 valence electrons. The summed E-state index contributed by atoms with van der Waals surface area (Å²) in [7, 11) is 6.82. The van der Waals surface area contributed by atoms with Crippen LogP contribution < -0.4 is 5.32 Å². The maximum Gasteiger partial charge on any atom is 0.221 e. The molecule has 0 aromatic heterocycles. The molecule has 42 heavy (non-hydrogen) atoms. The minimum Gasteiger partial charge on any atom is -0.386 e. The highest BCUT2D eigenvalue weighted by molar-refractivity contribution is 6.04. The molecule has 5 aliphatic carbocycles. The van der Waals surface area contributed by atoms with Crippen molar-refractivity contribution < 1.29 is 39.1 Å². The molecule has 12 atom stereocenters. The predicted octanol–water partition coefficient (Wildman–Crippen LogP) is 1.61. The van der Waals surface area contributed by atoms with Crippen molar-refractivity contribution in [2.45, 2.75) is 86.6 Å². The summed E-state index contributed by atoms with van der Waals surface area (Å²) >= 11 is 0. The molecule has 1 aliphatic heterocycles. The first kappa shape index (κ1) is 28.8. The zero-order chi connectivity index (χ0) is 30.0. The van der Waals surface area contributed by atoms with Crippen LogP contribution in [0.4, 0.5) is 5.69 Å². The third kappa shape index (κ3) is 3.09. The van der Waals surface area contributed by atoms with Crippen LogP contribution in [0.1, 0.15) is 55.8 Å². The number of hydrogen-bond acceptors (Lipinski definition) is 9. The molecule has 1 saturated heterocycles. The number of piperidine rings is 1. The van der Waals surface area contributed by atoms with E-state index in [1.54, 1.807) is 32.4 Å². The van der Waals surface area contributed by atoms with Crippen molar-refractivity contribution in [3.63, 3.8) is 0 Å². The number of rotatable bonds is 7. The van der Waals surface area contributed by atoms with Gasteiger partial charge in [-0.2, -0.15) is 0 Å². The lowest BCUT2D eigenvalue weighted by Crippen LogP contribution is -2.83. The molecule has 4 N–H and O–H groups in total. The van der Waals surface area contributed by atoms with Gasteiger partial charge in [0.15, 0.2) is 5.78 Å². The monoisotopic (exact) mass is 584 g/mol. The topological polar surface area (TPSA) is 138 Å². The minimum absolute atomic E-state index is 0.0312. The zero-order valence-electron chi connectivity index (χ0n) is 25.1. The van der Waals surface area contributed by atoms with Crippen LogP contribution in [-0.2, 0) is 19.0 Å². The fourth-order valence-corrected chi connectivity index (χ4v) is 12.1. The van der Waals surface area contributed by atoms with Crippen molar-refractivity contribution >= 4 is 17.4 Å².